The minimum Gasteiger partial charge on any atom is -0.420 e. The molecule has 342 valence electrons. The van der Waals surface area contributed by atoms with Crippen LogP contribution in [0.5, 0.6) is 5.75 Å². The molecule has 2 heterocycles. The van der Waals surface area contributed by atoms with E-state index in [0.717, 1.165) is 18.5 Å². The van der Waals surface area contributed by atoms with E-state index in [1.807, 2.05) is 6.20 Å². The molecular formula is C40H63F3N4O13. The van der Waals surface area contributed by atoms with Crippen molar-refractivity contribution in [3.63, 3.8) is 0 Å². The van der Waals surface area contributed by atoms with E-state index >= 15 is 0 Å². The van der Waals surface area contributed by atoms with Gasteiger partial charge in [0.25, 0.3) is 0 Å². The van der Waals surface area contributed by atoms with Gasteiger partial charge in [0.2, 0.25) is 5.75 Å². The molecule has 17 nitrogen and oxygen atoms in total. The summed E-state index contributed by atoms with van der Waals surface area (Å²) in [4.78, 5) is 11.7. The molecule has 1 aliphatic heterocycles. The predicted molar refractivity (Wildman–Crippen MR) is 207 cm³/mol. The molecule has 0 unspecified atom stereocenters. The van der Waals surface area contributed by atoms with E-state index in [4.69, 9.17) is 52.1 Å². The zero-order valence-electron chi connectivity index (χ0n) is 34.6. The Morgan fingerprint density at radius 3 is 1.57 bits per heavy atom. The van der Waals surface area contributed by atoms with Crippen LogP contribution in [0.3, 0.4) is 0 Å². The SMILES string of the molecule is O=C(CCOCCOCCOCCOCCOCCOCCn1cc(COCCOCCOCCOCCOC2CCC3(CC2)CNC3)nn1)Oc1c(F)cc(F)cc1F. The van der Waals surface area contributed by atoms with Gasteiger partial charge in [-0.05, 0) is 31.1 Å². The number of aromatic nitrogens is 3. The molecule has 0 radical (unpaired) electrons. The predicted octanol–water partition coefficient (Wildman–Crippen LogP) is 2.91. The van der Waals surface area contributed by atoms with Crippen LogP contribution >= 0.6 is 0 Å². The second-order valence-corrected chi connectivity index (χ2v) is 14.1. The van der Waals surface area contributed by atoms with Gasteiger partial charge < -0.3 is 62.2 Å². The molecule has 1 saturated heterocycles. The van der Waals surface area contributed by atoms with Crippen molar-refractivity contribution in [1.82, 2.24) is 20.3 Å². The van der Waals surface area contributed by atoms with Gasteiger partial charge in [0.05, 0.1) is 164 Å². The molecule has 0 bridgehead atoms. The van der Waals surface area contributed by atoms with Gasteiger partial charge in [0.1, 0.15) is 11.5 Å². The van der Waals surface area contributed by atoms with Crippen molar-refractivity contribution in [2.24, 2.45) is 5.41 Å². The maximum atomic E-state index is 13.5. The number of esters is 1. The molecular weight excluding hydrogens is 801 g/mol. The van der Waals surface area contributed by atoms with E-state index in [9.17, 15) is 18.0 Å². The van der Waals surface area contributed by atoms with Gasteiger partial charge >= 0.3 is 5.97 Å². The molecule has 1 aromatic heterocycles. The quantitative estimate of drug-likeness (QED) is 0.0597. The van der Waals surface area contributed by atoms with Crippen LogP contribution in [0, 0.1) is 22.9 Å². The van der Waals surface area contributed by atoms with E-state index in [0.29, 0.717) is 149 Å². The average Bonchev–Trinajstić information content (AvgIpc) is 3.68. The van der Waals surface area contributed by atoms with Crippen molar-refractivity contribution in [2.45, 2.75) is 51.4 Å². The van der Waals surface area contributed by atoms with Gasteiger partial charge in [0, 0.05) is 25.2 Å². The zero-order valence-corrected chi connectivity index (χ0v) is 34.6. The highest BCUT2D eigenvalue weighted by atomic mass is 19.1. The van der Waals surface area contributed by atoms with Gasteiger partial charge in [-0.25, -0.2) is 17.9 Å². The Kier molecular flexibility index (Phi) is 25.8. The number of carbonyl (C=O) groups is 1. The van der Waals surface area contributed by atoms with Gasteiger partial charge in [-0.1, -0.05) is 5.21 Å². The first-order valence-corrected chi connectivity index (χ1v) is 20.8. The van der Waals surface area contributed by atoms with Crippen molar-refractivity contribution >= 4 is 5.97 Å². The minimum atomic E-state index is -1.30. The molecule has 0 amide bonds. The molecule has 60 heavy (non-hydrogen) atoms. The van der Waals surface area contributed by atoms with Crippen LogP contribution in [0.2, 0.25) is 0 Å². The summed E-state index contributed by atoms with van der Waals surface area (Å²) in [6.07, 6.45) is 6.84. The number of hydrogen-bond acceptors (Lipinski definition) is 16. The first-order chi connectivity index (χ1) is 29.4. The minimum absolute atomic E-state index is 0.0380. The van der Waals surface area contributed by atoms with E-state index in [-0.39, 0.29) is 26.2 Å². The maximum Gasteiger partial charge on any atom is 0.313 e. The highest BCUT2D eigenvalue weighted by Gasteiger charge is 2.40. The molecule has 2 aliphatic rings. The number of rotatable bonds is 37. The Balaban J connectivity index is 0.794. The number of benzene rings is 1. The maximum absolute atomic E-state index is 13.5. The van der Waals surface area contributed by atoms with Gasteiger partial charge in [-0.15, -0.1) is 5.10 Å². The molecule has 4 rings (SSSR count). The van der Waals surface area contributed by atoms with Crippen LogP contribution in [0.4, 0.5) is 13.2 Å². The van der Waals surface area contributed by atoms with Crippen LogP contribution in [0.1, 0.15) is 37.8 Å². The standard InChI is InChI=1S/C40H63F3N4O13/c41-33-27-36(42)39(37(43)28-33)60-38(48)3-7-49-9-11-51-13-15-53-17-18-54-16-14-52-12-10-50-8-6-47-29-34(45-46-47)30-58-24-23-56-20-19-55-21-22-57-25-26-59-35-1-4-40(5-2-35)31-44-32-40/h27-29,35,44H,1-26,30-32H2. The summed E-state index contributed by atoms with van der Waals surface area (Å²) < 4.78 is 107. The molecule has 2 aromatic rings. The summed E-state index contributed by atoms with van der Waals surface area (Å²) in [6.45, 7) is 11.6. The summed E-state index contributed by atoms with van der Waals surface area (Å²) in [6, 6.07) is 0.853. The number of nitrogens with zero attached hydrogens (tertiary/aromatic N) is 3. The lowest BCUT2D eigenvalue weighted by atomic mass is 9.69. The lowest BCUT2D eigenvalue weighted by Gasteiger charge is -2.47. The van der Waals surface area contributed by atoms with E-state index in [1.54, 1.807) is 4.68 Å². The van der Waals surface area contributed by atoms with Crippen molar-refractivity contribution in [2.75, 3.05) is 145 Å². The van der Waals surface area contributed by atoms with Crippen molar-refractivity contribution < 1.29 is 74.8 Å². The first-order valence-electron chi connectivity index (χ1n) is 20.8. The van der Waals surface area contributed by atoms with Crippen LogP contribution in [-0.4, -0.2) is 172 Å². The Morgan fingerprint density at radius 1 is 0.633 bits per heavy atom. The Bertz CT molecular complexity index is 1400. The lowest BCUT2D eigenvalue weighted by molar-refractivity contribution is -0.136. The van der Waals surface area contributed by atoms with Crippen molar-refractivity contribution in [1.29, 1.82) is 0 Å². The second kappa shape index (κ2) is 31.1. The van der Waals surface area contributed by atoms with E-state index in [1.165, 1.54) is 25.9 Å². The number of nitrogens with one attached hydrogen (secondary N) is 1. The second-order valence-electron chi connectivity index (χ2n) is 14.1. The molecule has 0 atom stereocenters. The van der Waals surface area contributed by atoms with Gasteiger partial charge in [0.15, 0.2) is 11.6 Å². The smallest absolute Gasteiger partial charge is 0.313 e. The highest BCUT2D eigenvalue weighted by Crippen LogP contribution is 2.40. The number of halogens is 3. The number of carbonyl (C=O) groups excluding carboxylic acids is 1. The van der Waals surface area contributed by atoms with Crippen molar-refractivity contribution in [3.8, 4) is 5.75 Å². The Hall–Kier alpha value is -2.86. The fourth-order valence-electron chi connectivity index (χ4n) is 6.13. The van der Waals surface area contributed by atoms with Crippen molar-refractivity contribution in [3.05, 3.63) is 41.5 Å². The summed E-state index contributed by atoms with van der Waals surface area (Å²) in [5.74, 6) is -5.57. The first kappa shape index (κ1) is 49.8. The topological polar surface area (TPSA) is 171 Å². The summed E-state index contributed by atoms with van der Waals surface area (Å²) in [5.41, 5.74) is 1.30. The normalized spacial score (nSPS) is 15.2. The molecule has 1 spiro atoms. The monoisotopic (exact) mass is 864 g/mol. The van der Waals surface area contributed by atoms with E-state index < -0.39 is 29.2 Å². The molecule has 1 aliphatic carbocycles. The van der Waals surface area contributed by atoms with Crippen LogP contribution < -0.4 is 10.1 Å². The lowest BCUT2D eigenvalue weighted by Crippen LogP contribution is -2.55. The third-order valence-electron chi connectivity index (χ3n) is 9.48. The fourth-order valence-corrected chi connectivity index (χ4v) is 6.13. The van der Waals surface area contributed by atoms with Gasteiger partial charge in [-0.3, -0.25) is 4.79 Å². The van der Waals surface area contributed by atoms with Gasteiger partial charge in [-0.2, -0.15) is 0 Å². The molecule has 20 heteroatoms. The fraction of sp³-hybridized carbons (Fsp3) is 0.775. The summed E-state index contributed by atoms with van der Waals surface area (Å²) >= 11 is 0. The third-order valence-corrected chi connectivity index (χ3v) is 9.48. The molecule has 1 saturated carbocycles. The number of ether oxygens (including phenoxy) is 12. The third kappa shape index (κ3) is 21.8. The van der Waals surface area contributed by atoms with Crippen LogP contribution in [0.25, 0.3) is 0 Å². The summed E-state index contributed by atoms with van der Waals surface area (Å²) in [7, 11) is 0. The molecule has 1 aromatic carbocycles. The molecule has 2 fully saturated rings. The highest BCUT2D eigenvalue weighted by molar-refractivity contribution is 5.72. The largest absolute Gasteiger partial charge is 0.420 e. The Morgan fingerprint density at radius 2 is 1.08 bits per heavy atom. The number of hydrogen-bond donors (Lipinski definition) is 1. The molecule has 1 N–H and O–H groups in total. The van der Waals surface area contributed by atoms with Crippen LogP contribution in [0.15, 0.2) is 18.3 Å². The zero-order chi connectivity index (χ0) is 42.4. The Labute approximate surface area is 350 Å². The van der Waals surface area contributed by atoms with Crippen LogP contribution in [-0.2, 0) is 70.1 Å². The average molecular weight is 865 g/mol. The summed E-state index contributed by atoms with van der Waals surface area (Å²) in [5, 5.41) is 11.6. The van der Waals surface area contributed by atoms with E-state index in [2.05, 4.69) is 20.4 Å².